The van der Waals surface area contributed by atoms with Crippen molar-refractivity contribution in [1.29, 1.82) is 0 Å². The van der Waals surface area contributed by atoms with Crippen molar-refractivity contribution in [1.82, 2.24) is 0 Å². The number of halogens is 3. The van der Waals surface area contributed by atoms with Gasteiger partial charge in [-0.2, -0.15) is 13.2 Å². The summed E-state index contributed by atoms with van der Waals surface area (Å²) in [5.74, 6) is 0. The molecule has 1 aromatic rings. The third kappa shape index (κ3) is 4.11. The van der Waals surface area contributed by atoms with Crippen molar-refractivity contribution in [2.45, 2.75) is 32.4 Å². The standard InChI is InChI=1S/C12H15F3N2O2/c1-2-3-4-8-16-10-7-5-6-9(12(13,14)15)11(10)17(18)19/h5-7,16H,2-4,8H2,1H3. The Hall–Kier alpha value is -1.79. The molecule has 1 N–H and O–H groups in total. The number of para-hydroxylation sites is 1. The number of hydrogen-bond donors (Lipinski definition) is 1. The van der Waals surface area contributed by atoms with Gasteiger partial charge >= 0.3 is 11.9 Å². The predicted molar refractivity (Wildman–Crippen MR) is 66.1 cm³/mol. The molecule has 0 fully saturated rings. The molecular weight excluding hydrogens is 261 g/mol. The van der Waals surface area contributed by atoms with E-state index in [0.717, 1.165) is 31.4 Å². The molecule has 0 atom stereocenters. The van der Waals surface area contributed by atoms with Gasteiger partial charge < -0.3 is 5.32 Å². The molecule has 0 saturated carbocycles. The summed E-state index contributed by atoms with van der Waals surface area (Å²) in [6.45, 7) is 2.41. The lowest BCUT2D eigenvalue weighted by Crippen LogP contribution is -2.12. The van der Waals surface area contributed by atoms with Crippen LogP contribution in [0.4, 0.5) is 24.5 Å². The second-order valence-corrected chi connectivity index (χ2v) is 4.09. The van der Waals surface area contributed by atoms with E-state index in [1.165, 1.54) is 6.07 Å². The minimum atomic E-state index is -4.73. The second-order valence-electron chi connectivity index (χ2n) is 4.09. The lowest BCUT2D eigenvalue weighted by molar-refractivity contribution is -0.387. The van der Waals surface area contributed by atoms with Gasteiger partial charge in [0.2, 0.25) is 0 Å². The SMILES string of the molecule is CCCCCNc1cccc(C(F)(F)F)c1[N+](=O)[O-]. The highest BCUT2D eigenvalue weighted by atomic mass is 19.4. The molecule has 0 radical (unpaired) electrons. The first kappa shape index (κ1) is 15.3. The lowest BCUT2D eigenvalue weighted by Gasteiger charge is -2.11. The van der Waals surface area contributed by atoms with Crippen molar-refractivity contribution in [3.8, 4) is 0 Å². The van der Waals surface area contributed by atoms with E-state index in [4.69, 9.17) is 0 Å². The third-order valence-electron chi connectivity index (χ3n) is 2.62. The molecule has 1 rings (SSSR count). The van der Waals surface area contributed by atoms with Gasteiger partial charge in [-0.3, -0.25) is 10.1 Å². The van der Waals surface area contributed by atoms with E-state index in [1.54, 1.807) is 0 Å². The molecule has 0 spiro atoms. The molecule has 1 aromatic carbocycles. The van der Waals surface area contributed by atoms with Gasteiger partial charge in [-0.15, -0.1) is 0 Å². The Bertz CT molecular complexity index is 447. The smallest absolute Gasteiger partial charge is 0.379 e. The van der Waals surface area contributed by atoms with Crippen LogP contribution in [0.25, 0.3) is 0 Å². The highest BCUT2D eigenvalue weighted by Crippen LogP contribution is 2.39. The fourth-order valence-electron chi connectivity index (χ4n) is 1.71. The van der Waals surface area contributed by atoms with E-state index >= 15 is 0 Å². The van der Waals surface area contributed by atoms with Crippen molar-refractivity contribution in [3.63, 3.8) is 0 Å². The van der Waals surface area contributed by atoms with Crippen molar-refractivity contribution >= 4 is 11.4 Å². The molecule has 0 heterocycles. The van der Waals surface area contributed by atoms with Crippen molar-refractivity contribution < 1.29 is 18.1 Å². The van der Waals surface area contributed by atoms with E-state index in [9.17, 15) is 23.3 Å². The Morgan fingerprint density at radius 1 is 1.32 bits per heavy atom. The Balaban J connectivity index is 3.01. The third-order valence-corrected chi connectivity index (χ3v) is 2.62. The zero-order valence-electron chi connectivity index (χ0n) is 10.5. The number of nitrogens with zero attached hydrogens (tertiary/aromatic N) is 1. The Kier molecular flexibility index (Phi) is 5.14. The van der Waals surface area contributed by atoms with E-state index in [1.807, 2.05) is 6.92 Å². The van der Waals surface area contributed by atoms with Gasteiger partial charge in [-0.25, -0.2) is 0 Å². The highest BCUT2D eigenvalue weighted by Gasteiger charge is 2.39. The molecule has 0 bridgehead atoms. The predicted octanol–water partition coefficient (Wildman–Crippen LogP) is 4.22. The van der Waals surface area contributed by atoms with E-state index in [0.29, 0.717) is 6.54 Å². The summed E-state index contributed by atoms with van der Waals surface area (Å²) >= 11 is 0. The molecule has 0 saturated heterocycles. The van der Waals surface area contributed by atoms with Crippen LogP contribution in [0.15, 0.2) is 18.2 Å². The lowest BCUT2D eigenvalue weighted by atomic mass is 10.1. The Morgan fingerprint density at radius 3 is 2.53 bits per heavy atom. The van der Waals surface area contributed by atoms with E-state index < -0.39 is 22.4 Å². The van der Waals surface area contributed by atoms with Crippen LogP contribution in [0.2, 0.25) is 0 Å². The largest absolute Gasteiger partial charge is 0.423 e. The number of hydrogen-bond acceptors (Lipinski definition) is 3. The number of alkyl halides is 3. The summed E-state index contributed by atoms with van der Waals surface area (Å²) in [5.41, 5.74) is -2.22. The average Bonchev–Trinajstić information content (AvgIpc) is 2.33. The highest BCUT2D eigenvalue weighted by molar-refractivity contribution is 5.66. The minimum Gasteiger partial charge on any atom is -0.379 e. The number of anilines is 1. The van der Waals surface area contributed by atoms with Gasteiger partial charge in [-0.1, -0.05) is 25.8 Å². The van der Waals surface area contributed by atoms with Gasteiger partial charge in [0, 0.05) is 6.54 Å². The zero-order valence-corrected chi connectivity index (χ0v) is 10.5. The first-order chi connectivity index (χ1) is 8.88. The van der Waals surface area contributed by atoms with Crippen LogP contribution in [0.5, 0.6) is 0 Å². The quantitative estimate of drug-likeness (QED) is 0.481. The van der Waals surface area contributed by atoms with Crippen molar-refractivity contribution in [2.75, 3.05) is 11.9 Å². The number of benzene rings is 1. The summed E-state index contributed by atoms with van der Waals surface area (Å²) in [5, 5.41) is 13.5. The normalized spacial score (nSPS) is 11.4. The number of rotatable bonds is 6. The molecule has 0 aromatic heterocycles. The topological polar surface area (TPSA) is 55.2 Å². The number of nitro benzene ring substituents is 1. The molecule has 7 heteroatoms. The number of nitro groups is 1. The molecule has 0 aliphatic rings. The van der Waals surface area contributed by atoms with Crippen molar-refractivity contribution in [2.24, 2.45) is 0 Å². The van der Waals surface area contributed by atoms with Crippen LogP contribution in [0, 0.1) is 10.1 Å². The molecular formula is C12H15F3N2O2. The van der Waals surface area contributed by atoms with Crippen LogP contribution in [0.1, 0.15) is 31.7 Å². The Labute approximate surface area is 108 Å². The molecule has 19 heavy (non-hydrogen) atoms. The van der Waals surface area contributed by atoms with Gasteiger partial charge in [0.15, 0.2) is 0 Å². The van der Waals surface area contributed by atoms with Crippen LogP contribution in [-0.2, 0) is 6.18 Å². The van der Waals surface area contributed by atoms with Gasteiger partial charge in [0.1, 0.15) is 11.3 Å². The zero-order chi connectivity index (χ0) is 14.5. The number of unbranched alkanes of at least 4 members (excludes halogenated alkanes) is 2. The van der Waals surface area contributed by atoms with Crippen molar-refractivity contribution in [3.05, 3.63) is 33.9 Å². The summed E-state index contributed by atoms with van der Waals surface area (Å²) in [7, 11) is 0. The number of nitrogens with one attached hydrogen (secondary N) is 1. The maximum Gasteiger partial charge on any atom is 0.423 e. The maximum atomic E-state index is 12.7. The van der Waals surface area contributed by atoms with E-state index in [2.05, 4.69) is 5.32 Å². The Morgan fingerprint density at radius 2 is 2.00 bits per heavy atom. The minimum absolute atomic E-state index is 0.0871. The summed E-state index contributed by atoms with van der Waals surface area (Å²) in [6, 6.07) is 3.17. The summed E-state index contributed by atoms with van der Waals surface area (Å²) < 4.78 is 38.1. The first-order valence-corrected chi connectivity index (χ1v) is 5.96. The van der Waals surface area contributed by atoms with Crippen LogP contribution >= 0.6 is 0 Å². The second kappa shape index (κ2) is 6.40. The molecule has 0 aliphatic carbocycles. The first-order valence-electron chi connectivity index (χ1n) is 5.96. The van der Waals surface area contributed by atoms with Gasteiger partial charge in [0.05, 0.1) is 4.92 Å². The fourth-order valence-corrected chi connectivity index (χ4v) is 1.71. The molecule has 0 unspecified atom stereocenters. The van der Waals surface area contributed by atoms with Crippen LogP contribution in [-0.4, -0.2) is 11.5 Å². The fraction of sp³-hybridized carbons (Fsp3) is 0.500. The molecule has 106 valence electrons. The average molecular weight is 276 g/mol. The summed E-state index contributed by atoms with van der Waals surface area (Å²) in [6.07, 6.45) is -2.10. The molecule has 0 aliphatic heterocycles. The molecule has 0 amide bonds. The summed E-state index contributed by atoms with van der Waals surface area (Å²) in [4.78, 5) is 9.85. The monoisotopic (exact) mass is 276 g/mol. The van der Waals surface area contributed by atoms with E-state index in [-0.39, 0.29) is 5.69 Å². The van der Waals surface area contributed by atoms with Gasteiger partial charge in [-0.05, 0) is 18.6 Å². The molecule has 4 nitrogen and oxygen atoms in total. The maximum absolute atomic E-state index is 12.7. The van der Waals surface area contributed by atoms with Crippen LogP contribution in [0.3, 0.4) is 0 Å². The van der Waals surface area contributed by atoms with Crippen LogP contribution < -0.4 is 5.32 Å². The van der Waals surface area contributed by atoms with Gasteiger partial charge in [0.25, 0.3) is 0 Å².